The molecule has 2 fully saturated rings. The van der Waals surface area contributed by atoms with Crippen molar-refractivity contribution in [2.45, 2.75) is 142 Å². The number of ether oxygens (including phenoxy) is 4. The van der Waals surface area contributed by atoms with Crippen LogP contribution in [0.3, 0.4) is 0 Å². The molecule has 7 atom stereocenters. The molecule has 0 spiro atoms. The Morgan fingerprint density at radius 2 is 1.59 bits per heavy atom. The van der Waals surface area contributed by atoms with E-state index in [-0.39, 0.29) is 31.7 Å². The van der Waals surface area contributed by atoms with Crippen molar-refractivity contribution >= 4 is 41.7 Å². The third-order valence-electron chi connectivity index (χ3n) is 10.2. The molecule has 2 saturated heterocycles. The third-order valence-corrected chi connectivity index (χ3v) is 10.2. The van der Waals surface area contributed by atoms with Crippen molar-refractivity contribution < 1.29 is 57.6 Å². The fraction of sp³-hybridized carbons (Fsp3) is 0.690. The zero-order valence-corrected chi connectivity index (χ0v) is 36.4. The Bertz CT molecular complexity index is 1640. The molecule has 2 heterocycles. The lowest BCUT2D eigenvalue weighted by Crippen LogP contribution is -2.58. The number of carbonyl (C=O) groups is 7. The van der Waals surface area contributed by atoms with Crippen LogP contribution in [-0.2, 0) is 49.4 Å². The quantitative estimate of drug-likeness (QED) is 0.220. The summed E-state index contributed by atoms with van der Waals surface area (Å²) in [6, 6.07) is 0.892. The predicted octanol–water partition coefficient (Wildman–Crippen LogP) is 2.50. The first-order chi connectivity index (χ1) is 27.5. The number of benzene rings is 1. The second-order valence-electron chi connectivity index (χ2n) is 17.4. The van der Waals surface area contributed by atoms with Crippen LogP contribution in [0.4, 0.5) is 4.79 Å². The van der Waals surface area contributed by atoms with E-state index in [1.54, 1.807) is 72.7 Å². The zero-order chi connectivity index (χ0) is 44.4. The van der Waals surface area contributed by atoms with E-state index in [0.29, 0.717) is 17.7 Å². The lowest BCUT2D eigenvalue weighted by Gasteiger charge is -2.34. The van der Waals surface area contributed by atoms with Gasteiger partial charge in [0.2, 0.25) is 17.7 Å². The topological polar surface area (TPSA) is 219 Å². The minimum absolute atomic E-state index is 0.0274. The van der Waals surface area contributed by atoms with Gasteiger partial charge in [0.05, 0.1) is 25.7 Å². The van der Waals surface area contributed by atoms with Crippen molar-refractivity contribution in [2.75, 3.05) is 27.3 Å². The summed E-state index contributed by atoms with van der Waals surface area (Å²) in [5.74, 6) is -4.98. The molecule has 2 aliphatic rings. The minimum atomic E-state index is -1.55. The molecular weight excluding hydrogens is 766 g/mol. The van der Waals surface area contributed by atoms with E-state index in [2.05, 4.69) is 16.0 Å². The molecule has 2 aliphatic heterocycles. The van der Waals surface area contributed by atoms with Gasteiger partial charge in [0, 0.05) is 20.0 Å². The molecule has 1 aromatic carbocycles. The van der Waals surface area contributed by atoms with Crippen LogP contribution in [0.15, 0.2) is 24.3 Å². The SMILES string of the molecule is COc1ccc(C[C@H]2C(=O)OC[C@H](NC(=O)OC(C)(C)C)C(=O)N[C@H](C(C)C)[C@@H](O)CC(=O)O[C@@H](C(C)C)C(=O)N[C@@H](CC(C)C)C(=O)N3CCC[C@H]3C(=O)N2C)cc1. The van der Waals surface area contributed by atoms with Gasteiger partial charge in [0.15, 0.2) is 6.10 Å². The van der Waals surface area contributed by atoms with Crippen LogP contribution < -0.4 is 20.7 Å². The largest absolute Gasteiger partial charge is 0.497 e. The fourth-order valence-corrected chi connectivity index (χ4v) is 7.03. The highest BCUT2D eigenvalue weighted by molar-refractivity contribution is 5.95. The number of hydrogen-bond acceptors (Lipinski definition) is 12. The number of aliphatic hydroxyl groups excluding tert-OH is 1. The number of methoxy groups -OCH3 is 1. The summed E-state index contributed by atoms with van der Waals surface area (Å²) in [4.78, 5) is 99.5. The van der Waals surface area contributed by atoms with Gasteiger partial charge in [-0.2, -0.15) is 0 Å². The number of likely N-dealkylation sites (N-methyl/N-ethyl adjacent to an activating group) is 1. The number of amides is 5. The van der Waals surface area contributed by atoms with Crippen LogP contribution >= 0.6 is 0 Å². The van der Waals surface area contributed by atoms with E-state index >= 15 is 0 Å². The molecule has 17 nitrogen and oxygen atoms in total. The highest BCUT2D eigenvalue weighted by Gasteiger charge is 2.43. The van der Waals surface area contributed by atoms with E-state index in [1.807, 2.05) is 13.8 Å². The molecule has 17 heteroatoms. The molecule has 0 aliphatic carbocycles. The lowest BCUT2D eigenvalue weighted by atomic mass is 9.95. The van der Waals surface area contributed by atoms with Crippen molar-refractivity contribution in [3.8, 4) is 5.75 Å². The maximum absolute atomic E-state index is 14.4. The van der Waals surface area contributed by atoms with E-state index in [4.69, 9.17) is 18.9 Å². The minimum Gasteiger partial charge on any atom is -0.497 e. The Kier molecular flexibility index (Phi) is 17.5. The second kappa shape index (κ2) is 21.4. The summed E-state index contributed by atoms with van der Waals surface area (Å²) in [7, 11) is 2.94. The van der Waals surface area contributed by atoms with Gasteiger partial charge in [-0.25, -0.2) is 9.59 Å². The number of hydrogen-bond donors (Lipinski definition) is 4. The van der Waals surface area contributed by atoms with Gasteiger partial charge in [0.1, 0.15) is 42.1 Å². The van der Waals surface area contributed by atoms with Crippen LogP contribution in [0.5, 0.6) is 5.75 Å². The van der Waals surface area contributed by atoms with Gasteiger partial charge in [-0.3, -0.25) is 24.0 Å². The maximum Gasteiger partial charge on any atom is 0.408 e. The Morgan fingerprint density at radius 1 is 0.949 bits per heavy atom. The van der Waals surface area contributed by atoms with Crippen LogP contribution in [-0.4, -0.2) is 132 Å². The molecule has 0 radical (unpaired) electrons. The monoisotopic (exact) mass is 831 g/mol. The van der Waals surface area contributed by atoms with Crippen molar-refractivity contribution in [1.82, 2.24) is 25.8 Å². The Morgan fingerprint density at radius 3 is 2.15 bits per heavy atom. The number of nitrogens with one attached hydrogen (secondary N) is 3. The number of rotatable bonds is 8. The molecule has 5 amide bonds. The van der Waals surface area contributed by atoms with E-state index in [1.165, 1.54) is 24.0 Å². The molecule has 0 unspecified atom stereocenters. The van der Waals surface area contributed by atoms with E-state index in [0.717, 1.165) is 0 Å². The molecule has 3 rings (SSSR count). The van der Waals surface area contributed by atoms with Gasteiger partial charge >= 0.3 is 18.0 Å². The van der Waals surface area contributed by atoms with Gasteiger partial charge in [0.25, 0.3) is 5.91 Å². The van der Waals surface area contributed by atoms with Gasteiger partial charge in [-0.1, -0.05) is 53.7 Å². The van der Waals surface area contributed by atoms with Crippen molar-refractivity contribution in [2.24, 2.45) is 17.8 Å². The average Bonchev–Trinajstić information content (AvgIpc) is 3.64. The van der Waals surface area contributed by atoms with Gasteiger partial charge in [-0.05, 0) is 75.5 Å². The Hall–Kier alpha value is -4.93. The molecule has 1 aromatic rings. The first-order valence-electron chi connectivity index (χ1n) is 20.4. The highest BCUT2D eigenvalue weighted by Crippen LogP contribution is 2.25. The number of esters is 2. The summed E-state index contributed by atoms with van der Waals surface area (Å²) < 4.78 is 22.0. The lowest BCUT2D eigenvalue weighted by molar-refractivity contribution is -0.161. The van der Waals surface area contributed by atoms with Crippen LogP contribution in [0, 0.1) is 17.8 Å². The number of nitrogens with zero attached hydrogens (tertiary/aromatic N) is 2. The van der Waals surface area contributed by atoms with Crippen LogP contribution in [0.1, 0.15) is 93.6 Å². The predicted molar refractivity (Wildman–Crippen MR) is 216 cm³/mol. The standard InChI is InChI=1S/C42H65N5O12/c1-23(2)19-28-38(52)47-18-12-13-30(47)39(53)46(10)31(20-26-14-16-27(56-11)17-15-26)40(54)57-22-29(44-41(55)59-42(7,8)9)36(50)45-34(24(3)4)32(48)21-33(49)58-35(25(5)6)37(51)43-28/h14-17,23-25,28-32,34-35,48H,12-13,18-22H2,1-11H3,(H,43,51)(H,44,55)(H,45,50)/t28-,29-,30-,31-,32-,34+,35-/m0/s1. The molecular formula is C42H65N5O12. The van der Waals surface area contributed by atoms with Crippen molar-refractivity contribution in [1.29, 1.82) is 0 Å². The second-order valence-corrected chi connectivity index (χ2v) is 17.4. The summed E-state index contributed by atoms with van der Waals surface area (Å²) in [6.07, 6.45) is -3.52. The molecule has 0 bridgehead atoms. The summed E-state index contributed by atoms with van der Waals surface area (Å²) >= 11 is 0. The Balaban J connectivity index is 2.14. The number of alkyl carbamates (subject to hydrolysis) is 1. The summed E-state index contributed by atoms with van der Waals surface area (Å²) in [5.41, 5.74) is -0.314. The van der Waals surface area contributed by atoms with Crippen LogP contribution in [0.25, 0.3) is 0 Å². The van der Waals surface area contributed by atoms with E-state index in [9.17, 15) is 38.7 Å². The Labute approximate surface area is 347 Å². The first kappa shape index (κ1) is 48.4. The number of carbonyl (C=O) groups excluding carboxylic acids is 7. The van der Waals surface area contributed by atoms with Crippen molar-refractivity contribution in [3.05, 3.63) is 29.8 Å². The third kappa shape index (κ3) is 14.1. The molecule has 4 N–H and O–H groups in total. The van der Waals surface area contributed by atoms with Gasteiger partial charge < -0.3 is 49.8 Å². The van der Waals surface area contributed by atoms with E-state index < -0.39 is 115 Å². The summed E-state index contributed by atoms with van der Waals surface area (Å²) in [6.45, 7) is 14.9. The highest BCUT2D eigenvalue weighted by atomic mass is 16.6. The number of cyclic esters (lactones) is 2. The molecule has 330 valence electrons. The normalized spacial score (nSPS) is 26.1. The molecule has 0 aromatic heterocycles. The van der Waals surface area contributed by atoms with Gasteiger partial charge in [-0.15, -0.1) is 0 Å². The smallest absolute Gasteiger partial charge is 0.408 e. The maximum atomic E-state index is 14.4. The first-order valence-corrected chi connectivity index (χ1v) is 20.4. The van der Waals surface area contributed by atoms with Crippen molar-refractivity contribution in [3.63, 3.8) is 0 Å². The number of aliphatic hydroxyl groups is 1. The van der Waals surface area contributed by atoms with Crippen LogP contribution in [0.2, 0.25) is 0 Å². The average molecular weight is 832 g/mol. The zero-order valence-electron chi connectivity index (χ0n) is 36.4. The molecule has 59 heavy (non-hydrogen) atoms. The number of fused-ring (bicyclic) bond motifs is 1. The molecule has 0 saturated carbocycles. The summed E-state index contributed by atoms with van der Waals surface area (Å²) in [5, 5.41) is 19.2. The fourth-order valence-electron chi connectivity index (χ4n) is 7.03.